The van der Waals surface area contributed by atoms with Crippen LogP contribution in [0.3, 0.4) is 0 Å². The molecule has 2 unspecified atom stereocenters. The first-order chi connectivity index (χ1) is 7.11. The zero-order valence-electron chi connectivity index (χ0n) is 9.31. The van der Waals surface area contributed by atoms with Crippen LogP contribution in [-0.2, 0) is 14.4 Å². The van der Waals surface area contributed by atoms with Crippen LogP contribution >= 0.6 is 11.8 Å². The summed E-state index contributed by atoms with van der Waals surface area (Å²) in [7, 11) is 0. The SMILES string of the molecule is CC1(C(=O)C(C)(C)C(=O)O)CC(C(=O)O)S1. The highest BCUT2D eigenvalue weighted by Crippen LogP contribution is 2.50. The third kappa shape index (κ3) is 1.93. The van der Waals surface area contributed by atoms with Crippen molar-refractivity contribution in [2.24, 2.45) is 5.41 Å². The lowest BCUT2D eigenvalue weighted by atomic mass is 9.79. The number of carboxylic acid groups (broad SMARTS) is 2. The molecule has 0 amide bonds. The molecule has 0 aromatic carbocycles. The molecule has 1 aliphatic rings. The molecule has 2 atom stereocenters. The van der Waals surface area contributed by atoms with Crippen LogP contribution in [-0.4, -0.2) is 37.9 Å². The van der Waals surface area contributed by atoms with E-state index in [0.717, 1.165) is 11.8 Å². The van der Waals surface area contributed by atoms with Crippen molar-refractivity contribution < 1.29 is 24.6 Å². The summed E-state index contributed by atoms with van der Waals surface area (Å²) in [4.78, 5) is 33.5. The highest BCUT2D eigenvalue weighted by molar-refractivity contribution is 8.04. The highest BCUT2D eigenvalue weighted by atomic mass is 32.2. The minimum absolute atomic E-state index is 0.197. The van der Waals surface area contributed by atoms with Gasteiger partial charge in [0.1, 0.15) is 10.7 Å². The molecule has 0 aromatic heterocycles. The fraction of sp³-hybridized carbons (Fsp3) is 0.700. The normalized spacial score (nSPS) is 29.3. The Hall–Kier alpha value is -1.04. The minimum Gasteiger partial charge on any atom is -0.481 e. The van der Waals surface area contributed by atoms with Gasteiger partial charge in [-0.2, -0.15) is 0 Å². The molecular formula is C10H14O5S. The van der Waals surface area contributed by atoms with Gasteiger partial charge in [-0.3, -0.25) is 14.4 Å². The maximum absolute atomic E-state index is 12.0. The van der Waals surface area contributed by atoms with Crippen molar-refractivity contribution in [3.8, 4) is 0 Å². The number of rotatable bonds is 4. The average molecular weight is 246 g/mol. The van der Waals surface area contributed by atoms with Crippen LogP contribution in [0.15, 0.2) is 0 Å². The summed E-state index contributed by atoms with van der Waals surface area (Å²) in [6.45, 7) is 4.29. The second-order valence-corrected chi connectivity index (χ2v) is 6.34. The smallest absolute Gasteiger partial charge is 0.316 e. The average Bonchev–Trinajstić information content (AvgIpc) is 2.10. The van der Waals surface area contributed by atoms with E-state index in [2.05, 4.69) is 0 Å². The fourth-order valence-electron chi connectivity index (χ4n) is 1.70. The lowest BCUT2D eigenvalue weighted by Crippen LogP contribution is -2.54. The Balaban J connectivity index is 2.78. The topological polar surface area (TPSA) is 91.7 Å². The van der Waals surface area contributed by atoms with Crippen LogP contribution in [0.5, 0.6) is 0 Å². The zero-order chi connectivity index (χ0) is 12.7. The van der Waals surface area contributed by atoms with E-state index < -0.39 is 33.1 Å². The maximum Gasteiger partial charge on any atom is 0.316 e. The van der Waals surface area contributed by atoms with Crippen LogP contribution in [0.25, 0.3) is 0 Å². The van der Waals surface area contributed by atoms with Gasteiger partial charge in [0.15, 0.2) is 5.78 Å². The van der Waals surface area contributed by atoms with Crippen LogP contribution in [0.2, 0.25) is 0 Å². The number of carbonyl (C=O) groups excluding carboxylic acids is 1. The number of thioether (sulfide) groups is 1. The molecule has 16 heavy (non-hydrogen) atoms. The molecule has 0 bridgehead atoms. The van der Waals surface area contributed by atoms with Gasteiger partial charge in [-0.15, -0.1) is 11.8 Å². The van der Waals surface area contributed by atoms with Crippen molar-refractivity contribution in [3.63, 3.8) is 0 Å². The van der Waals surface area contributed by atoms with Gasteiger partial charge in [-0.05, 0) is 27.2 Å². The summed E-state index contributed by atoms with van der Waals surface area (Å²) in [6, 6.07) is 0. The van der Waals surface area contributed by atoms with Crippen molar-refractivity contribution in [1.29, 1.82) is 0 Å². The van der Waals surface area contributed by atoms with Crippen molar-refractivity contribution in [2.75, 3.05) is 0 Å². The molecule has 0 spiro atoms. The molecule has 90 valence electrons. The monoisotopic (exact) mass is 246 g/mol. The van der Waals surface area contributed by atoms with E-state index in [9.17, 15) is 14.4 Å². The molecule has 0 aromatic rings. The first kappa shape index (κ1) is 13.0. The van der Waals surface area contributed by atoms with Crippen LogP contribution in [0.1, 0.15) is 27.2 Å². The number of Topliss-reactive ketones (excluding diaryl/α,β-unsaturated/α-hetero) is 1. The molecule has 2 N–H and O–H groups in total. The molecule has 0 aliphatic carbocycles. The fourth-order valence-corrected chi connectivity index (χ4v) is 3.17. The summed E-state index contributed by atoms with van der Waals surface area (Å²) >= 11 is 1.02. The third-order valence-electron chi connectivity index (χ3n) is 2.84. The first-order valence-electron chi connectivity index (χ1n) is 4.80. The van der Waals surface area contributed by atoms with Crippen molar-refractivity contribution >= 4 is 29.5 Å². The van der Waals surface area contributed by atoms with E-state index in [-0.39, 0.29) is 6.42 Å². The zero-order valence-corrected chi connectivity index (χ0v) is 10.1. The van der Waals surface area contributed by atoms with Gasteiger partial charge in [-0.1, -0.05) is 0 Å². The molecule has 5 nitrogen and oxygen atoms in total. The Morgan fingerprint density at radius 3 is 2.06 bits per heavy atom. The van der Waals surface area contributed by atoms with E-state index in [1.807, 2.05) is 0 Å². The predicted molar refractivity (Wildman–Crippen MR) is 58.5 cm³/mol. The van der Waals surface area contributed by atoms with Gasteiger partial charge >= 0.3 is 11.9 Å². The molecule has 0 saturated carbocycles. The lowest BCUT2D eigenvalue weighted by molar-refractivity contribution is -0.153. The van der Waals surface area contributed by atoms with E-state index in [1.54, 1.807) is 6.92 Å². The van der Waals surface area contributed by atoms with Gasteiger partial charge in [0, 0.05) is 0 Å². The van der Waals surface area contributed by atoms with Crippen molar-refractivity contribution in [3.05, 3.63) is 0 Å². The lowest BCUT2D eigenvalue weighted by Gasteiger charge is -2.43. The predicted octanol–water partition coefficient (Wildman–Crippen LogP) is 1.02. The summed E-state index contributed by atoms with van der Waals surface area (Å²) in [6.07, 6.45) is 0.197. The van der Waals surface area contributed by atoms with Crippen LogP contribution in [0.4, 0.5) is 0 Å². The molecule has 1 heterocycles. The Morgan fingerprint density at radius 2 is 1.75 bits per heavy atom. The van der Waals surface area contributed by atoms with E-state index in [1.165, 1.54) is 13.8 Å². The first-order valence-corrected chi connectivity index (χ1v) is 5.68. The summed E-state index contributed by atoms with van der Waals surface area (Å²) < 4.78 is -0.884. The van der Waals surface area contributed by atoms with E-state index >= 15 is 0 Å². The quantitative estimate of drug-likeness (QED) is 0.719. The van der Waals surface area contributed by atoms with Gasteiger partial charge < -0.3 is 10.2 Å². The van der Waals surface area contributed by atoms with Gasteiger partial charge in [-0.25, -0.2) is 0 Å². The Morgan fingerprint density at radius 1 is 1.31 bits per heavy atom. The number of carboxylic acids is 2. The highest BCUT2D eigenvalue weighted by Gasteiger charge is 2.55. The molecule has 6 heteroatoms. The van der Waals surface area contributed by atoms with Crippen molar-refractivity contribution in [1.82, 2.24) is 0 Å². The largest absolute Gasteiger partial charge is 0.481 e. The van der Waals surface area contributed by atoms with E-state index in [0.29, 0.717) is 0 Å². The summed E-state index contributed by atoms with van der Waals surface area (Å²) in [5, 5.41) is 17.0. The standard InChI is InChI=1S/C10H14O5S/c1-9(2,8(14)15)7(13)10(3)4-5(16-10)6(11)12/h5H,4H2,1-3H3,(H,11,12)(H,14,15). The Kier molecular flexibility index (Phi) is 3.06. The second-order valence-electron chi connectivity index (χ2n) is 4.64. The third-order valence-corrected chi connectivity index (χ3v) is 4.36. The molecule has 0 radical (unpaired) electrons. The van der Waals surface area contributed by atoms with Gasteiger partial charge in [0.25, 0.3) is 0 Å². The van der Waals surface area contributed by atoms with Crippen molar-refractivity contribution in [2.45, 2.75) is 37.2 Å². The molecule has 1 rings (SSSR count). The number of carbonyl (C=O) groups is 3. The molecule has 1 saturated heterocycles. The number of hydrogen-bond acceptors (Lipinski definition) is 4. The van der Waals surface area contributed by atoms with Gasteiger partial charge in [0.2, 0.25) is 0 Å². The number of hydrogen-bond donors (Lipinski definition) is 2. The minimum atomic E-state index is -1.47. The van der Waals surface area contributed by atoms with Crippen LogP contribution < -0.4 is 0 Å². The number of aliphatic carboxylic acids is 2. The number of ketones is 1. The molecular weight excluding hydrogens is 232 g/mol. The van der Waals surface area contributed by atoms with E-state index in [4.69, 9.17) is 10.2 Å². The summed E-state index contributed by atoms with van der Waals surface area (Å²) in [5.74, 6) is -2.56. The Labute approximate surface area is 97.2 Å². The second kappa shape index (κ2) is 3.76. The molecule has 1 fully saturated rings. The summed E-state index contributed by atoms with van der Waals surface area (Å²) in [5.41, 5.74) is -1.47. The molecule has 1 aliphatic heterocycles. The Bertz CT molecular complexity index is 354. The van der Waals surface area contributed by atoms with Crippen LogP contribution in [0, 0.1) is 5.41 Å². The van der Waals surface area contributed by atoms with Gasteiger partial charge in [0.05, 0.1) is 4.75 Å². The maximum atomic E-state index is 12.0.